The van der Waals surface area contributed by atoms with Gasteiger partial charge in [-0.2, -0.15) is 11.8 Å². The van der Waals surface area contributed by atoms with Crippen molar-refractivity contribution in [2.75, 3.05) is 12.4 Å². The Bertz CT molecular complexity index is 293. The van der Waals surface area contributed by atoms with Gasteiger partial charge in [-0.05, 0) is 33.6 Å². The van der Waals surface area contributed by atoms with Crippen LogP contribution in [0.2, 0.25) is 0 Å². The second-order valence-electron chi connectivity index (χ2n) is 5.34. The highest BCUT2D eigenvalue weighted by atomic mass is 32.2. The first-order valence-corrected chi connectivity index (χ1v) is 7.85. The number of carbonyl (C=O) groups is 2. The number of rotatable bonds is 6. The molecule has 0 atom stereocenters. The summed E-state index contributed by atoms with van der Waals surface area (Å²) in [5.74, 6) is 0.00648. The van der Waals surface area contributed by atoms with E-state index in [9.17, 15) is 9.59 Å². The summed E-state index contributed by atoms with van der Waals surface area (Å²) in [7, 11) is 0. The van der Waals surface area contributed by atoms with Gasteiger partial charge in [-0.1, -0.05) is 19.3 Å². The van der Waals surface area contributed by atoms with Gasteiger partial charge < -0.3 is 4.74 Å². The molecule has 0 aromatic carbocycles. The van der Waals surface area contributed by atoms with Crippen molar-refractivity contribution in [2.24, 2.45) is 5.41 Å². The fourth-order valence-electron chi connectivity index (χ4n) is 2.03. The molecule has 3 nitrogen and oxygen atoms in total. The highest BCUT2D eigenvalue weighted by Gasteiger charge is 2.37. The van der Waals surface area contributed by atoms with Gasteiger partial charge in [0, 0.05) is 5.25 Å². The van der Waals surface area contributed by atoms with Crippen LogP contribution >= 0.6 is 11.8 Å². The number of ketones is 1. The number of Topliss-reactive ketones (excluding diaryl/α,β-unsaturated/α-hetero) is 1. The van der Waals surface area contributed by atoms with Gasteiger partial charge in [-0.3, -0.25) is 9.59 Å². The van der Waals surface area contributed by atoms with Crippen molar-refractivity contribution in [1.29, 1.82) is 0 Å². The average Bonchev–Trinajstić information content (AvgIpc) is 2.37. The van der Waals surface area contributed by atoms with E-state index in [0.29, 0.717) is 17.6 Å². The molecule has 0 bridgehead atoms. The lowest BCUT2D eigenvalue weighted by Gasteiger charge is -2.24. The molecule has 1 aliphatic carbocycles. The molecule has 1 aliphatic rings. The summed E-state index contributed by atoms with van der Waals surface area (Å²) in [6.45, 7) is 5.41. The van der Waals surface area contributed by atoms with Gasteiger partial charge in [-0.25, -0.2) is 0 Å². The zero-order chi connectivity index (χ0) is 13.6. The van der Waals surface area contributed by atoms with Gasteiger partial charge in [0.1, 0.15) is 5.41 Å². The van der Waals surface area contributed by atoms with Gasteiger partial charge in [-0.15, -0.1) is 0 Å². The van der Waals surface area contributed by atoms with E-state index in [4.69, 9.17) is 4.74 Å². The minimum absolute atomic E-state index is 0.0171. The average molecular weight is 272 g/mol. The summed E-state index contributed by atoms with van der Waals surface area (Å²) in [6.07, 6.45) is 6.27. The van der Waals surface area contributed by atoms with Crippen LogP contribution in [-0.4, -0.2) is 29.4 Å². The Hall–Kier alpha value is -0.510. The fourth-order valence-corrected chi connectivity index (χ4v) is 3.45. The van der Waals surface area contributed by atoms with Crippen molar-refractivity contribution < 1.29 is 14.3 Å². The van der Waals surface area contributed by atoms with E-state index in [2.05, 4.69) is 0 Å². The van der Waals surface area contributed by atoms with E-state index in [1.807, 2.05) is 0 Å². The monoisotopic (exact) mass is 272 g/mol. The Morgan fingerprint density at radius 3 is 2.39 bits per heavy atom. The van der Waals surface area contributed by atoms with Crippen molar-refractivity contribution in [3.63, 3.8) is 0 Å². The highest BCUT2D eigenvalue weighted by Crippen LogP contribution is 2.30. The summed E-state index contributed by atoms with van der Waals surface area (Å²) in [5.41, 5.74) is -1.00. The van der Waals surface area contributed by atoms with Gasteiger partial charge in [0.15, 0.2) is 5.78 Å². The molecule has 4 heteroatoms. The van der Waals surface area contributed by atoms with Gasteiger partial charge in [0.05, 0.1) is 12.4 Å². The third-order valence-corrected chi connectivity index (χ3v) is 4.86. The molecule has 0 aromatic rings. The molecule has 18 heavy (non-hydrogen) atoms. The maximum absolute atomic E-state index is 12.1. The van der Waals surface area contributed by atoms with Gasteiger partial charge in [0.2, 0.25) is 0 Å². The number of hydrogen-bond donors (Lipinski definition) is 0. The molecule has 0 amide bonds. The van der Waals surface area contributed by atoms with E-state index < -0.39 is 11.4 Å². The van der Waals surface area contributed by atoms with Crippen LogP contribution in [-0.2, 0) is 14.3 Å². The zero-order valence-electron chi connectivity index (χ0n) is 11.7. The maximum Gasteiger partial charge on any atom is 0.319 e. The summed E-state index contributed by atoms with van der Waals surface area (Å²) in [4.78, 5) is 23.8. The molecule has 0 radical (unpaired) electrons. The van der Waals surface area contributed by atoms with Crippen LogP contribution in [0.15, 0.2) is 0 Å². The molecule has 0 heterocycles. The molecular formula is C14H24O3S. The van der Waals surface area contributed by atoms with Crippen molar-refractivity contribution in [1.82, 2.24) is 0 Å². The van der Waals surface area contributed by atoms with Crippen molar-refractivity contribution in [3.05, 3.63) is 0 Å². The summed E-state index contributed by atoms with van der Waals surface area (Å²) < 4.78 is 4.95. The fraction of sp³-hybridized carbons (Fsp3) is 0.857. The Morgan fingerprint density at radius 2 is 1.83 bits per heavy atom. The summed E-state index contributed by atoms with van der Waals surface area (Å²) >= 11 is 1.71. The smallest absolute Gasteiger partial charge is 0.319 e. The largest absolute Gasteiger partial charge is 0.465 e. The number of carbonyl (C=O) groups excluding carboxylic acids is 2. The van der Waals surface area contributed by atoms with Crippen LogP contribution in [0.3, 0.4) is 0 Å². The predicted octanol–water partition coefficient (Wildman–Crippen LogP) is 3.21. The van der Waals surface area contributed by atoms with Crippen LogP contribution in [0.4, 0.5) is 0 Å². The third-order valence-electron chi connectivity index (χ3n) is 3.49. The van der Waals surface area contributed by atoms with E-state index in [1.165, 1.54) is 32.1 Å². The molecule has 104 valence electrons. The zero-order valence-corrected chi connectivity index (χ0v) is 12.5. The topological polar surface area (TPSA) is 43.4 Å². The van der Waals surface area contributed by atoms with Gasteiger partial charge in [0.25, 0.3) is 0 Å². The van der Waals surface area contributed by atoms with Crippen LogP contribution in [0.1, 0.15) is 52.9 Å². The van der Waals surface area contributed by atoms with Crippen LogP contribution < -0.4 is 0 Å². The lowest BCUT2D eigenvalue weighted by Crippen LogP contribution is -2.36. The predicted molar refractivity (Wildman–Crippen MR) is 74.8 cm³/mol. The lowest BCUT2D eigenvalue weighted by molar-refractivity contribution is -0.157. The molecule has 0 saturated heterocycles. The Labute approximate surface area is 114 Å². The first kappa shape index (κ1) is 15.5. The summed E-state index contributed by atoms with van der Waals surface area (Å²) in [6, 6.07) is 0. The Balaban J connectivity index is 2.40. The molecule has 0 aromatic heterocycles. The SMILES string of the molecule is CCOC(=O)C(C)(C)C(=O)CSC1CCCCC1. The molecule has 1 saturated carbocycles. The molecule has 0 spiro atoms. The number of hydrogen-bond acceptors (Lipinski definition) is 4. The van der Waals surface area contributed by atoms with E-state index >= 15 is 0 Å². The first-order chi connectivity index (χ1) is 8.48. The summed E-state index contributed by atoms with van der Waals surface area (Å²) in [5, 5.41) is 0.598. The van der Waals surface area contributed by atoms with Gasteiger partial charge >= 0.3 is 5.97 Å². The van der Waals surface area contributed by atoms with Crippen molar-refractivity contribution >= 4 is 23.5 Å². The number of ether oxygens (including phenoxy) is 1. The molecule has 1 rings (SSSR count). The van der Waals surface area contributed by atoms with Crippen LogP contribution in [0, 0.1) is 5.41 Å². The van der Waals surface area contributed by atoms with E-state index in [1.54, 1.807) is 32.5 Å². The normalized spacial score (nSPS) is 17.5. The second-order valence-corrected chi connectivity index (χ2v) is 6.63. The second kappa shape index (κ2) is 7.17. The number of esters is 1. The molecular weight excluding hydrogens is 248 g/mol. The van der Waals surface area contributed by atoms with Crippen LogP contribution in [0.5, 0.6) is 0 Å². The molecule has 0 N–H and O–H groups in total. The van der Waals surface area contributed by atoms with Crippen LogP contribution in [0.25, 0.3) is 0 Å². The Kier molecular flexibility index (Phi) is 6.19. The van der Waals surface area contributed by atoms with Crippen molar-refractivity contribution in [3.8, 4) is 0 Å². The van der Waals surface area contributed by atoms with E-state index in [0.717, 1.165) is 0 Å². The third kappa shape index (κ3) is 4.30. The quantitative estimate of drug-likeness (QED) is 0.550. The molecule has 0 unspecified atom stereocenters. The highest BCUT2D eigenvalue weighted by molar-refractivity contribution is 8.00. The molecule has 1 fully saturated rings. The molecule has 0 aliphatic heterocycles. The first-order valence-electron chi connectivity index (χ1n) is 6.80. The number of thioether (sulfide) groups is 1. The van der Waals surface area contributed by atoms with E-state index in [-0.39, 0.29) is 5.78 Å². The van der Waals surface area contributed by atoms with Crippen molar-refractivity contribution in [2.45, 2.75) is 58.1 Å². The minimum atomic E-state index is -1.00. The standard InChI is InChI=1S/C14H24O3S/c1-4-17-13(16)14(2,3)12(15)10-18-11-8-6-5-7-9-11/h11H,4-10H2,1-3H3. The lowest BCUT2D eigenvalue weighted by atomic mass is 9.89. The minimum Gasteiger partial charge on any atom is -0.465 e. The Morgan fingerprint density at radius 1 is 1.22 bits per heavy atom. The maximum atomic E-state index is 12.1.